The molecule has 12 nitrogen and oxygen atoms in total. The van der Waals surface area contributed by atoms with Crippen LogP contribution in [-0.4, -0.2) is 66.3 Å². The van der Waals surface area contributed by atoms with Gasteiger partial charge in [-0.1, -0.05) is 258 Å². The Hall–Kier alpha value is -12.5. The summed E-state index contributed by atoms with van der Waals surface area (Å²) in [6.07, 6.45) is 43.6. The lowest BCUT2D eigenvalue weighted by Gasteiger charge is -2.11. The standard InChI is InChI=1S/C132H160N8O4/c1-17-25-33-45-69-105-89(9)125-121-97-61-57-65-101(81-97)141-77-53-41-42-54-79-143-103-67-59-63-99(83-103)123-129-93(13)109(73-49-37-29-21-5)117(137-129)87-119-111(75-51-39-31-23-7)95(15)131(139-119)124(132-96(16)112(76-52-40-32-24-8)120(140-132)88-118-110(74-50-38-30-22-6)94(14)130(123)138-118)100-64-60-68-104(84-100)144-80-56-44-43-55-78-142-102-66-58-62-98(82-102)122(127-90(10)106(70-46-34-26-18-2)114(134-127)85-113(105)133-125)128-92(12)108(72-48-36-28-20-4)116(136-128)86-115-107(71-47-35-27-19-3)91(11)126(121)135-115/h57-68,81-88,133,136-137,140H,17-40,45-52,69-80H2,1-16H3. The molecule has 0 saturated heterocycles. The number of hydrogen-bond donors (Lipinski definition) is 4. The first kappa shape index (κ1) is 106. The third-order valence-electron chi connectivity index (χ3n) is 30.6. The Balaban J connectivity index is 0.940. The number of aryl methyl sites for hydroxylation is 8. The molecule has 0 unspecified atom stereocenters. The van der Waals surface area contributed by atoms with Gasteiger partial charge in [-0.15, -0.1) is 0 Å². The van der Waals surface area contributed by atoms with Crippen LogP contribution in [0.3, 0.4) is 0 Å². The van der Waals surface area contributed by atoms with Crippen molar-refractivity contribution in [3.63, 3.8) is 0 Å². The van der Waals surface area contributed by atoms with Crippen molar-refractivity contribution in [2.45, 2.75) is 368 Å². The molecule has 8 aliphatic rings. The minimum atomic E-state index is 0.136. The second-order valence-corrected chi connectivity index (χ2v) is 40.9. The van der Waals surface area contributed by atoms with Gasteiger partial charge in [0.25, 0.3) is 0 Å². The molecule has 144 heavy (non-hydrogen) atoms. The number of ether oxygens (including phenoxy) is 4. The SMILES string of the molecule is CCCCCCC1=C(C)c2nc1cc1[nH]c(c(C)c1CCCCCC)c1c3nc(cc4[nH]c(c(C)c4CCCCCC)c2-c2cccc(c2)OCC#CC#CCOc2cccc(c2)-c2c4nc(cc5[nH]c(c(C)c5CCCCCC)c(c5nc(cc6[nH]c2c(C)c6CCCCCC)C(CCCCCC)=C5C)-c2cccc(c2)OCC#CC#CCOc2cccc-1c2)C(CCCCCC)=C4C)C(CCCCCC)=C3C. The molecule has 0 aliphatic carbocycles. The van der Waals surface area contributed by atoms with E-state index >= 15 is 0 Å². The number of benzene rings is 4. The topological polar surface area (TPSA) is 152 Å². The number of nitrogens with one attached hydrogen (secondary N) is 4. The van der Waals surface area contributed by atoms with E-state index in [2.05, 4.69) is 299 Å². The van der Waals surface area contributed by atoms with Crippen molar-refractivity contribution in [3.8, 4) is 115 Å². The molecule has 0 amide bonds. The van der Waals surface area contributed by atoms with Crippen molar-refractivity contribution < 1.29 is 18.9 Å². The maximum absolute atomic E-state index is 6.76. The number of allylic oxidation sites excluding steroid dienone is 8. The Bertz CT molecular complexity index is 6190. The fourth-order valence-corrected chi connectivity index (χ4v) is 22.3. The van der Waals surface area contributed by atoms with E-state index in [0.29, 0.717) is 23.0 Å². The number of rotatable bonds is 40. The smallest absolute Gasteiger partial charge is 0.150 e. The van der Waals surface area contributed by atoms with E-state index in [4.69, 9.17) is 38.9 Å². The minimum Gasteiger partial charge on any atom is -0.481 e. The maximum Gasteiger partial charge on any atom is 0.150 e. The van der Waals surface area contributed by atoms with Crippen LogP contribution < -0.4 is 18.9 Å². The van der Waals surface area contributed by atoms with Crippen LogP contribution in [0.4, 0.5) is 0 Å². The van der Waals surface area contributed by atoms with E-state index in [9.17, 15) is 0 Å². The first-order chi connectivity index (χ1) is 70.5. The van der Waals surface area contributed by atoms with Crippen LogP contribution in [0, 0.1) is 75.1 Å². The summed E-state index contributed by atoms with van der Waals surface area (Å²) < 4.78 is 27.0. The number of H-pyrrole nitrogens is 4. The summed E-state index contributed by atoms with van der Waals surface area (Å²) in [5.74, 6) is 28.7. The second-order valence-electron chi connectivity index (χ2n) is 40.9. The van der Waals surface area contributed by atoms with Gasteiger partial charge < -0.3 is 38.9 Å². The molecule has 0 atom stereocenters. The quantitative estimate of drug-likeness (QED) is 0.0219. The summed E-state index contributed by atoms with van der Waals surface area (Å²) in [5.41, 5.74) is 45.0. The third kappa shape index (κ3) is 25.5. The summed E-state index contributed by atoms with van der Waals surface area (Å²) in [5, 5.41) is 0. The summed E-state index contributed by atoms with van der Waals surface area (Å²) >= 11 is 0. The van der Waals surface area contributed by atoms with Gasteiger partial charge in [-0.05, 0) is 390 Å². The zero-order valence-corrected chi connectivity index (χ0v) is 90.1. The molecule has 8 aliphatic heterocycles. The second kappa shape index (κ2) is 52.9. The molecule has 4 aromatic carbocycles. The molecule has 28 bridgehead atoms. The largest absolute Gasteiger partial charge is 0.481 e. The summed E-state index contributed by atoms with van der Waals surface area (Å²) in [6.45, 7) is 37.7. The highest BCUT2D eigenvalue weighted by Crippen LogP contribution is 2.50. The molecule has 6 aromatic heterocycles. The molecular formula is C132H160N8O4. The predicted molar refractivity (Wildman–Crippen MR) is 612 cm³/mol. The van der Waals surface area contributed by atoms with E-state index in [1.807, 2.05) is 0 Å². The average Bonchev–Trinajstić information content (AvgIpc) is 1.59. The fraction of sp³-hybridized carbons (Fsp3) is 0.455. The molecular weight excluding hydrogens is 1760 g/mol. The van der Waals surface area contributed by atoms with Gasteiger partial charge in [-0.3, -0.25) is 0 Å². The van der Waals surface area contributed by atoms with E-state index in [-0.39, 0.29) is 26.4 Å². The first-order valence-electron chi connectivity index (χ1n) is 55.8. The molecule has 10 aromatic rings. The Kier molecular flexibility index (Phi) is 38.8. The summed E-state index contributed by atoms with van der Waals surface area (Å²) in [7, 11) is 0. The molecule has 752 valence electrons. The van der Waals surface area contributed by atoms with Gasteiger partial charge in [0.2, 0.25) is 0 Å². The van der Waals surface area contributed by atoms with Crippen molar-refractivity contribution in [1.29, 1.82) is 0 Å². The van der Waals surface area contributed by atoms with E-state index in [0.717, 1.165) is 340 Å². The van der Waals surface area contributed by atoms with Crippen molar-refractivity contribution in [3.05, 3.63) is 211 Å². The van der Waals surface area contributed by atoms with Crippen LogP contribution in [0.5, 0.6) is 23.0 Å². The normalized spacial score (nSPS) is 13.3. The van der Waals surface area contributed by atoms with Gasteiger partial charge in [0.1, 0.15) is 49.4 Å². The van der Waals surface area contributed by atoms with Crippen molar-refractivity contribution >= 4 is 88.7 Å². The fourth-order valence-electron chi connectivity index (χ4n) is 22.3. The van der Waals surface area contributed by atoms with Crippen LogP contribution in [0.15, 0.2) is 121 Å². The Morgan fingerprint density at radius 2 is 0.431 bits per heavy atom. The Labute approximate surface area is 862 Å². The van der Waals surface area contributed by atoms with Gasteiger partial charge in [-0.2, -0.15) is 0 Å². The summed E-state index contributed by atoms with van der Waals surface area (Å²) in [6, 6.07) is 44.2. The lowest BCUT2D eigenvalue weighted by Crippen LogP contribution is -1.96. The van der Waals surface area contributed by atoms with Gasteiger partial charge in [0.05, 0.1) is 67.6 Å². The Morgan fingerprint density at radius 1 is 0.236 bits per heavy atom. The zero-order chi connectivity index (χ0) is 101. The van der Waals surface area contributed by atoms with Gasteiger partial charge in [-0.25, -0.2) is 19.9 Å². The van der Waals surface area contributed by atoms with Gasteiger partial charge >= 0.3 is 0 Å². The van der Waals surface area contributed by atoms with Crippen molar-refractivity contribution in [1.82, 2.24) is 39.9 Å². The molecule has 18 rings (SSSR count). The highest BCUT2D eigenvalue weighted by molar-refractivity contribution is 6.07. The van der Waals surface area contributed by atoms with Crippen molar-refractivity contribution in [2.24, 2.45) is 0 Å². The molecule has 0 saturated carbocycles. The Morgan fingerprint density at radius 3 is 0.625 bits per heavy atom. The average molecular weight is 1920 g/mol. The predicted octanol–water partition coefficient (Wildman–Crippen LogP) is 36.2. The van der Waals surface area contributed by atoms with Crippen LogP contribution in [0.25, 0.3) is 133 Å². The van der Waals surface area contributed by atoms with Crippen LogP contribution in [0.1, 0.15) is 404 Å². The lowest BCUT2D eigenvalue weighted by atomic mass is 9.93. The molecule has 12 heteroatoms. The number of unbranched alkanes of at least 4 members (excludes halogenated alkanes) is 24. The monoisotopic (exact) mass is 1920 g/mol. The number of aromatic nitrogens is 8. The van der Waals surface area contributed by atoms with Crippen molar-refractivity contribution in [2.75, 3.05) is 26.4 Å². The number of hydrogen-bond acceptors (Lipinski definition) is 8. The molecule has 0 radical (unpaired) electrons. The van der Waals surface area contributed by atoms with Crippen LogP contribution in [0.2, 0.25) is 0 Å². The minimum absolute atomic E-state index is 0.136. The lowest BCUT2D eigenvalue weighted by molar-refractivity contribution is 0.370. The van der Waals surface area contributed by atoms with E-state index in [1.165, 1.54) is 140 Å². The van der Waals surface area contributed by atoms with Crippen LogP contribution in [-0.2, 0) is 25.7 Å². The highest BCUT2D eigenvalue weighted by Gasteiger charge is 2.32. The van der Waals surface area contributed by atoms with Gasteiger partial charge in [0, 0.05) is 44.3 Å². The summed E-state index contributed by atoms with van der Waals surface area (Å²) in [4.78, 5) is 41.1. The molecule has 14 heterocycles. The molecule has 0 fully saturated rings. The highest BCUT2D eigenvalue weighted by atomic mass is 16.5. The zero-order valence-electron chi connectivity index (χ0n) is 90.1. The van der Waals surface area contributed by atoms with Crippen LogP contribution >= 0.6 is 0 Å². The number of nitrogens with zero attached hydrogens (tertiary/aromatic N) is 4. The molecule has 0 spiro atoms. The van der Waals surface area contributed by atoms with E-state index in [1.54, 1.807) is 0 Å². The third-order valence-corrected chi connectivity index (χ3v) is 30.6. The van der Waals surface area contributed by atoms with Gasteiger partial charge in [0.15, 0.2) is 0 Å². The van der Waals surface area contributed by atoms with E-state index < -0.39 is 0 Å². The maximum atomic E-state index is 6.76. The molecule has 4 N–H and O–H groups in total. The first-order valence-corrected chi connectivity index (χ1v) is 55.8. The number of aromatic amines is 4.